The molecule has 0 aromatic carbocycles. The van der Waals surface area contributed by atoms with Crippen molar-refractivity contribution in [3.8, 4) is 0 Å². The summed E-state index contributed by atoms with van der Waals surface area (Å²) in [7, 11) is 0. The van der Waals surface area contributed by atoms with Crippen LogP contribution in [0.2, 0.25) is 0 Å². The summed E-state index contributed by atoms with van der Waals surface area (Å²) >= 11 is 3.40. The van der Waals surface area contributed by atoms with Gasteiger partial charge in [0.15, 0.2) is 0 Å². The van der Waals surface area contributed by atoms with Gasteiger partial charge in [0.1, 0.15) is 4.60 Å². The molecule has 1 fully saturated rings. The summed E-state index contributed by atoms with van der Waals surface area (Å²) in [5.41, 5.74) is 1.40. The number of aromatic nitrogens is 1. The number of nitrogens with one attached hydrogen (secondary N) is 1. The van der Waals surface area contributed by atoms with Crippen molar-refractivity contribution in [2.24, 2.45) is 0 Å². The highest BCUT2D eigenvalue weighted by molar-refractivity contribution is 9.10. The Labute approximate surface area is 86.9 Å². The first-order valence-corrected chi connectivity index (χ1v) is 5.48. The predicted molar refractivity (Wildman–Crippen MR) is 56.8 cm³/mol. The summed E-state index contributed by atoms with van der Waals surface area (Å²) in [6, 6.07) is 4.24. The van der Waals surface area contributed by atoms with Crippen LogP contribution in [0.15, 0.2) is 22.9 Å². The predicted octanol–water partition coefficient (Wildman–Crippen LogP) is 2.31. The van der Waals surface area contributed by atoms with Gasteiger partial charge in [-0.25, -0.2) is 4.98 Å². The lowest BCUT2D eigenvalue weighted by atomic mass is 9.93. The third-order valence-corrected chi connectivity index (χ3v) is 2.95. The number of halogens is 1. The van der Waals surface area contributed by atoms with E-state index < -0.39 is 0 Å². The van der Waals surface area contributed by atoms with Gasteiger partial charge in [-0.1, -0.05) is 0 Å². The van der Waals surface area contributed by atoms with Crippen molar-refractivity contribution in [1.82, 2.24) is 10.3 Å². The Balaban J connectivity index is 2.14. The first kappa shape index (κ1) is 9.16. The van der Waals surface area contributed by atoms with Gasteiger partial charge in [-0.3, -0.25) is 0 Å². The Hall–Kier alpha value is -0.410. The summed E-state index contributed by atoms with van der Waals surface area (Å²) in [5.74, 6) is 0.674. The van der Waals surface area contributed by atoms with Gasteiger partial charge in [-0.15, -0.1) is 0 Å². The van der Waals surface area contributed by atoms with E-state index >= 15 is 0 Å². The van der Waals surface area contributed by atoms with E-state index in [0.717, 1.165) is 11.1 Å². The summed E-state index contributed by atoms with van der Waals surface area (Å²) < 4.78 is 0.940. The van der Waals surface area contributed by atoms with Crippen LogP contribution < -0.4 is 5.32 Å². The van der Waals surface area contributed by atoms with Crippen molar-refractivity contribution in [1.29, 1.82) is 0 Å². The quantitative estimate of drug-likeness (QED) is 0.763. The molecule has 3 heteroatoms. The van der Waals surface area contributed by atoms with E-state index in [4.69, 9.17) is 0 Å². The van der Waals surface area contributed by atoms with E-state index in [1.807, 2.05) is 6.20 Å². The van der Waals surface area contributed by atoms with Crippen molar-refractivity contribution in [3.63, 3.8) is 0 Å². The van der Waals surface area contributed by atoms with E-state index in [9.17, 15) is 0 Å². The molecule has 1 saturated heterocycles. The molecule has 0 amide bonds. The van der Waals surface area contributed by atoms with Gasteiger partial charge in [0.25, 0.3) is 0 Å². The minimum absolute atomic E-state index is 0.674. The molecule has 0 spiro atoms. The van der Waals surface area contributed by atoms with Gasteiger partial charge in [0, 0.05) is 12.7 Å². The third-order valence-electron chi connectivity index (χ3n) is 2.52. The fourth-order valence-corrected chi connectivity index (χ4v) is 2.19. The van der Waals surface area contributed by atoms with Crippen LogP contribution in [0.4, 0.5) is 0 Å². The Kier molecular flexibility index (Phi) is 2.96. The van der Waals surface area contributed by atoms with Crippen LogP contribution >= 0.6 is 15.9 Å². The summed E-state index contributed by atoms with van der Waals surface area (Å²) in [6.45, 7) is 2.28. The topological polar surface area (TPSA) is 24.9 Å². The molecule has 0 bridgehead atoms. The van der Waals surface area contributed by atoms with E-state index in [1.54, 1.807) is 0 Å². The van der Waals surface area contributed by atoms with Crippen LogP contribution in [0.3, 0.4) is 0 Å². The molecule has 1 N–H and O–H groups in total. The van der Waals surface area contributed by atoms with E-state index in [-0.39, 0.29) is 0 Å². The van der Waals surface area contributed by atoms with E-state index in [1.165, 1.54) is 24.9 Å². The van der Waals surface area contributed by atoms with Crippen LogP contribution in [-0.4, -0.2) is 18.1 Å². The highest BCUT2D eigenvalue weighted by Crippen LogP contribution is 2.24. The van der Waals surface area contributed by atoms with Gasteiger partial charge in [-0.2, -0.15) is 0 Å². The lowest BCUT2D eigenvalue weighted by Gasteiger charge is -2.22. The number of hydrogen-bond donors (Lipinski definition) is 1. The minimum atomic E-state index is 0.674. The molecule has 1 aromatic heterocycles. The highest BCUT2D eigenvalue weighted by Gasteiger charge is 2.14. The molecule has 0 saturated carbocycles. The fourth-order valence-electron chi connectivity index (χ4n) is 1.81. The molecule has 1 aromatic rings. The molecule has 70 valence electrons. The molecule has 1 atom stereocenters. The number of nitrogens with zero attached hydrogens (tertiary/aromatic N) is 1. The van der Waals surface area contributed by atoms with Crippen LogP contribution in [0.1, 0.15) is 24.3 Å². The second kappa shape index (κ2) is 4.20. The molecule has 1 aliphatic heterocycles. The van der Waals surface area contributed by atoms with Crippen molar-refractivity contribution >= 4 is 15.9 Å². The van der Waals surface area contributed by atoms with Crippen molar-refractivity contribution in [2.75, 3.05) is 13.1 Å². The number of rotatable bonds is 1. The summed E-state index contributed by atoms with van der Waals surface area (Å²) in [5, 5.41) is 3.42. The zero-order chi connectivity index (χ0) is 9.10. The van der Waals surface area contributed by atoms with Crippen LogP contribution in [-0.2, 0) is 0 Å². The van der Waals surface area contributed by atoms with Gasteiger partial charge >= 0.3 is 0 Å². The monoisotopic (exact) mass is 240 g/mol. The number of piperidine rings is 1. The smallest absolute Gasteiger partial charge is 0.106 e. The van der Waals surface area contributed by atoms with Crippen LogP contribution in [0, 0.1) is 0 Å². The average molecular weight is 241 g/mol. The summed E-state index contributed by atoms with van der Waals surface area (Å²) in [4.78, 5) is 4.13. The van der Waals surface area contributed by atoms with Crippen molar-refractivity contribution in [2.45, 2.75) is 18.8 Å². The summed E-state index contributed by atoms with van der Waals surface area (Å²) in [6.07, 6.45) is 4.45. The standard InChI is InChI=1S/C10H13BrN2/c11-10-6-8(3-5-13-10)9-2-1-4-12-7-9/h3,5-6,9,12H,1-2,4,7H2/t9-/m0/s1. The second-order valence-corrected chi connectivity index (χ2v) is 4.27. The van der Waals surface area contributed by atoms with Gasteiger partial charge in [0.2, 0.25) is 0 Å². The first-order valence-electron chi connectivity index (χ1n) is 4.68. The molecular weight excluding hydrogens is 228 g/mol. The van der Waals surface area contributed by atoms with E-state index in [0.29, 0.717) is 5.92 Å². The molecule has 2 heterocycles. The Morgan fingerprint density at radius 1 is 1.54 bits per heavy atom. The zero-order valence-corrected chi connectivity index (χ0v) is 9.05. The van der Waals surface area contributed by atoms with E-state index in [2.05, 4.69) is 38.4 Å². The second-order valence-electron chi connectivity index (χ2n) is 3.46. The molecule has 13 heavy (non-hydrogen) atoms. The van der Waals surface area contributed by atoms with Gasteiger partial charge in [-0.05, 0) is 58.9 Å². The maximum atomic E-state index is 4.13. The zero-order valence-electron chi connectivity index (χ0n) is 7.46. The molecule has 0 radical (unpaired) electrons. The largest absolute Gasteiger partial charge is 0.316 e. The third kappa shape index (κ3) is 2.29. The number of hydrogen-bond acceptors (Lipinski definition) is 2. The molecule has 2 nitrogen and oxygen atoms in total. The van der Waals surface area contributed by atoms with Gasteiger partial charge in [0.05, 0.1) is 0 Å². The van der Waals surface area contributed by atoms with Crippen LogP contribution in [0.5, 0.6) is 0 Å². The SMILES string of the molecule is Brc1cc([C@H]2CCCNC2)ccn1. The molecule has 1 aliphatic rings. The molecule has 0 unspecified atom stereocenters. The minimum Gasteiger partial charge on any atom is -0.316 e. The van der Waals surface area contributed by atoms with Gasteiger partial charge < -0.3 is 5.32 Å². The maximum absolute atomic E-state index is 4.13. The normalized spacial score (nSPS) is 23.0. The Bertz CT molecular complexity index is 282. The maximum Gasteiger partial charge on any atom is 0.106 e. The highest BCUT2D eigenvalue weighted by atomic mass is 79.9. The van der Waals surface area contributed by atoms with Crippen LogP contribution in [0.25, 0.3) is 0 Å². The van der Waals surface area contributed by atoms with Crippen molar-refractivity contribution < 1.29 is 0 Å². The molecular formula is C10H13BrN2. The van der Waals surface area contributed by atoms with Crippen molar-refractivity contribution in [3.05, 3.63) is 28.5 Å². The lowest BCUT2D eigenvalue weighted by Crippen LogP contribution is -2.28. The first-order chi connectivity index (χ1) is 6.36. The molecule has 2 rings (SSSR count). The Morgan fingerprint density at radius 3 is 3.15 bits per heavy atom. The lowest BCUT2D eigenvalue weighted by molar-refractivity contribution is 0.461. The fraction of sp³-hybridized carbons (Fsp3) is 0.500. The molecule has 0 aliphatic carbocycles. The number of pyridine rings is 1. The average Bonchev–Trinajstić information content (AvgIpc) is 2.19. The Morgan fingerprint density at radius 2 is 2.46 bits per heavy atom.